The van der Waals surface area contributed by atoms with Gasteiger partial charge >= 0.3 is 5.97 Å². The van der Waals surface area contributed by atoms with Crippen LogP contribution in [0.3, 0.4) is 0 Å². The number of amides is 1. The van der Waals surface area contributed by atoms with E-state index < -0.39 is 11.9 Å². The summed E-state index contributed by atoms with van der Waals surface area (Å²) in [7, 11) is 0. The minimum absolute atomic E-state index is 0.00176. The first-order valence-corrected chi connectivity index (χ1v) is 6.10. The smallest absolute Gasteiger partial charge is 0.308 e. The SMILES string of the molecule is CC(C)C(CN)C(=O)N1C[C@@H](C)[C@H](C(=O)O)C1. The van der Waals surface area contributed by atoms with E-state index in [0.717, 1.165) is 0 Å². The van der Waals surface area contributed by atoms with E-state index in [1.165, 1.54) is 0 Å². The average molecular weight is 242 g/mol. The molecule has 17 heavy (non-hydrogen) atoms. The fourth-order valence-electron chi connectivity index (χ4n) is 2.36. The van der Waals surface area contributed by atoms with Crippen LogP contribution in [0.15, 0.2) is 0 Å². The average Bonchev–Trinajstić information content (AvgIpc) is 2.60. The predicted molar refractivity (Wildman–Crippen MR) is 64.3 cm³/mol. The van der Waals surface area contributed by atoms with Crippen LogP contribution in [-0.2, 0) is 9.59 Å². The van der Waals surface area contributed by atoms with Crippen LogP contribution in [-0.4, -0.2) is 41.5 Å². The first-order chi connectivity index (χ1) is 7.88. The fourth-order valence-corrected chi connectivity index (χ4v) is 2.36. The second-order valence-electron chi connectivity index (χ2n) is 5.25. The summed E-state index contributed by atoms with van der Waals surface area (Å²) in [6, 6.07) is 0. The lowest BCUT2D eigenvalue weighted by Gasteiger charge is -2.24. The monoisotopic (exact) mass is 242 g/mol. The van der Waals surface area contributed by atoms with Gasteiger partial charge in [-0.2, -0.15) is 0 Å². The molecule has 0 aromatic carbocycles. The van der Waals surface area contributed by atoms with Crippen LogP contribution < -0.4 is 5.73 Å². The number of hydrogen-bond acceptors (Lipinski definition) is 3. The normalized spacial score (nSPS) is 26.3. The van der Waals surface area contributed by atoms with Crippen molar-refractivity contribution in [2.75, 3.05) is 19.6 Å². The maximum atomic E-state index is 12.2. The maximum Gasteiger partial charge on any atom is 0.308 e. The van der Waals surface area contributed by atoms with E-state index in [1.54, 1.807) is 4.90 Å². The van der Waals surface area contributed by atoms with Crippen molar-refractivity contribution in [3.63, 3.8) is 0 Å². The van der Waals surface area contributed by atoms with Crippen LogP contribution in [0.1, 0.15) is 20.8 Å². The number of nitrogens with two attached hydrogens (primary N) is 1. The molecule has 0 aromatic heterocycles. The van der Waals surface area contributed by atoms with E-state index in [2.05, 4.69) is 0 Å². The Labute approximate surface area is 102 Å². The molecule has 1 aliphatic rings. The van der Waals surface area contributed by atoms with Gasteiger partial charge in [-0.15, -0.1) is 0 Å². The highest BCUT2D eigenvalue weighted by Crippen LogP contribution is 2.25. The third kappa shape index (κ3) is 2.97. The molecule has 1 amide bonds. The molecule has 0 spiro atoms. The molecule has 0 bridgehead atoms. The van der Waals surface area contributed by atoms with Crippen molar-refractivity contribution in [2.45, 2.75) is 20.8 Å². The largest absolute Gasteiger partial charge is 0.481 e. The van der Waals surface area contributed by atoms with Crippen molar-refractivity contribution in [1.82, 2.24) is 4.90 Å². The second-order valence-corrected chi connectivity index (χ2v) is 5.25. The van der Waals surface area contributed by atoms with Gasteiger partial charge in [0.1, 0.15) is 0 Å². The Morgan fingerprint density at radius 1 is 1.41 bits per heavy atom. The number of carboxylic acids is 1. The van der Waals surface area contributed by atoms with Gasteiger partial charge in [0.2, 0.25) is 5.91 Å². The Bertz CT molecular complexity index is 304. The summed E-state index contributed by atoms with van der Waals surface area (Å²) in [5, 5.41) is 9.03. The predicted octanol–water partition coefficient (Wildman–Crippen LogP) is 0.396. The summed E-state index contributed by atoms with van der Waals surface area (Å²) in [5.74, 6) is -1.26. The molecule has 0 aliphatic carbocycles. The van der Waals surface area contributed by atoms with Crippen molar-refractivity contribution in [3.05, 3.63) is 0 Å². The highest BCUT2D eigenvalue weighted by Gasteiger charge is 2.39. The van der Waals surface area contributed by atoms with Crippen LogP contribution in [0.5, 0.6) is 0 Å². The molecule has 0 saturated carbocycles. The number of carboxylic acid groups (broad SMARTS) is 1. The molecule has 1 saturated heterocycles. The lowest BCUT2D eigenvalue weighted by molar-refractivity contribution is -0.142. The maximum absolute atomic E-state index is 12.2. The van der Waals surface area contributed by atoms with E-state index >= 15 is 0 Å². The lowest BCUT2D eigenvalue weighted by atomic mass is 9.94. The van der Waals surface area contributed by atoms with E-state index in [4.69, 9.17) is 10.8 Å². The number of carbonyl (C=O) groups is 2. The van der Waals surface area contributed by atoms with Crippen molar-refractivity contribution >= 4 is 11.9 Å². The molecule has 1 unspecified atom stereocenters. The van der Waals surface area contributed by atoms with Gasteiger partial charge < -0.3 is 15.7 Å². The van der Waals surface area contributed by atoms with Crippen LogP contribution in [0, 0.1) is 23.7 Å². The van der Waals surface area contributed by atoms with Crippen molar-refractivity contribution < 1.29 is 14.7 Å². The third-order valence-corrected chi connectivity index (χ3v) is 3.62. The van der Waals surface area contributed by atoms with Gasteiger partial charge in [0.25, 0.3) is 0 Å². The Morgan fingerprint density at radius 2 is 2.00 bits per heavy atom. The molecule has 98 valence electrons. The zero-order valence-corrected chi connectivity index (χ0v) is 10.7. The first kappa shape index (κ1) is 14.0. The summed E-state index contributed by atoms with van der Waals surface area (Å²) in [6.45, 7) is 6.96. The summed E-state index contributed by atoms with van der Waals surface area (Å²) in [5.41, 5.74) is 5.61. The summed E-state index contributed by atoms with van der Waals surface area (Å²) in [6.07, 6.45) is 0. The molecule has 5 nitrogen and oxygen atoms in total. The van der Waals surface area contributed by atoms with Gasteiger partial charge in [-0.25, -0.2) is 0 Å². The quantitative estimate of drug-likeness (QED) is 0.747. The molecule has 5 heteroatoms. The highest BCUT2D eigenvalue weighted by atomic mass is 16.4. The van der Waals surface area contributed by atoms with Gasteiger partial charge in [0.05, 0.1) is 11.8 Å². The van der Waals surface area contributed by atoms with Crippen LogP contribution in [0.4, 0.5) is 0 Å². The minimum atomic E-state index is -0.818. The zero-order valence-electron chi connectivity index (χ0n) is 10.7. The topological polar surface area (TPSA) is 83.6 Å². The van der Waals surface area contributed by atoms with Crippen molar-refractivity contribution in [2.24, 2.45) is 29.4 Å². The first-order valence-electron chi connectivity index (χ1n) is 6.10. The Kier molecular flexibility index (Phi) is 4.51. The molecule has 1 rings (SSSR count). The van der Waals surface area contributed by atoms with Crippen molar-refractivity contribution in [3.8, 4) is 0 Å². The minimum Gasteiger partial charge on any atom is -0.481 e. The van der Waals surface area contributed by atoms with Gasteiger partial charge in [-0.05, 0) is 11.8 Å². The number of hydrogen-bond donors (Lipinski definition) is 2. The third-order valence-electron chi connectivity index (χ3n) is 3.62. The van der Waals surface area contributed by atoms with Gasteiger partial charge in [0.15, 0.2) is 0 Å². The molecule has 0 aromatic rings. The van der Waals surface area contributed by atoms with Gasteiger partial charge in [-0.3, -0.25) is 9.59 Å². The molecule has 1 fully saturated rings. The van der Waals surface area contributed by atoms with E-state index in [1.807, 2.05) is 20.8 Å². The molecule has 3 atom stereocenters. The zero-order chi connectivity index (χ0) is 13.2. The molecule has 1 heterocycles. The second kappa shape index (κ2) is 5.49. The molecular formula is C12H22N2O3. The summed E-state index contributed by atoms with van der Waals surface area (Å²) < 4.78 is 0. The number of aliphatic carboxylic acids is 1. The fraction of sp³-hybridized carbons (Fsp3) is 0.833. The van der Waals surface area contributed by atoms with E-state index in [-0.39, 0.29) is 23.7 Å². The number of carbonyl (C=O) groups excluding carboxylic acids is 1. The number of nitrogens with zero attached hydrogens (tertiary/aromatic N) is 1. The molecule has 0 radical (unpaired) electrons. The van der Waals surface area contributed by atoms with Crippen molar-refractivity contribution in [1.29, 1.82) is 0 Å². The Balaban J connectivity index is 2.70. The lowest BCUT2D eigenvalue weighted by Crippen LogP contribution is -2.40. The van der Waals surface area contributed by atoms with E-state index in [9.17, 15) is 9.59 Å². The van der Waals surface area contributed by atoms with Crippen LogP contribution in [0.25, 0.3) is 0 Å². The Hall–Kier alpha value is -1.10. The standard InChI is InChI=1S/C12H22N2O3/c1-7(2)9(4-13)11(15)14-5-8(3)10(6-14)12(16)17/h7-10H,4-6,13H2,1-3H3,(H,16,17)/t8-,9?,10-/m1/s1. The van der Waals surface area contributed by atoms with Gasteiger partial charge in [-0.1, -0.05) is 20.8 Å². The van der Waals surface area contributed by atoms with E-state index in [0.29, 0.717) is 19.6 Å². The molecular weight excluding hydrogens is 220 g/mol. The van der Waals surface area contributed by atoms with Gasteiger partial charge in [0, 0.05) is 19.6 Å². The van der Waals surface area contributed by atoms with Crippen LogP contribution >= 0.6 is 0 Å². The number of rotatable bonds is 4. The molecule has 1 aliphatic heterocycles. The highest BCUT2D eigenvalue weighted by molar-refractivity contribution is 5.81. The van der Waals surface area contributed by atoms with Crippen LogP contribution in [0.2, 0.25) is 0 Å². The summed E-state index contributed by atoms with van der Waals surface area (Å²) in [4.78, 5) is 24.8. The number of likely N-dealkylation sites (tertiary alicyclic amines) is 1. The summed E-state index contributed by atoms with van der Waals surface area (Å²) >= 11 is 0. The molecule has 3 N–H and O–H groups in total. The Morgan fingerprint density at radius 3 is 2.35 bits per heavy atom.